The van der Waals surface area contributed by atoms with Crippen LogP contribution in [0.25, 0.3) is 0 Å². The Labute approximate surface area is 164 Å². The molecule has 26 heavy (non-hydrogen) atoms. The van der Waals surface area contributed by atoms with Crippen molar-refractivity contribution >= 4 is 0 Å². The number of allylic oxidation sites excluding steroid dienone is 2. The van der Waals surface area contributed by atoms with Gasteiger partial charge >= 0.3 is 0 Å². The van der Waals surface area contributed by atoms with E-state index in [0.29, 0.717) is 0 Å². The van der Waals surface area contributed by atoms with Gasteiger partial charge in [0.2, 0.25) is 0 Å². The predicted molar refractivity (Wildman–Crippen MR) is 117 cm³/mol. The van der Waals surface area contributed by atoms with Gasteiger partial charge in [-0.3, -0.25) is 0 Å². The highest BCUT2D eigenvalue weighted by molar-refractivity contribution is 5.13. The first-order valence-electron chi connectivity index (χ1n) is 11.1. The average Bonchev–Trinajstić information content (AvgIpc) is 2.62. The Hall–Kier alpha value is -1.08. The van der Waals surface area contributed by atoms with E-state index < -0.39 is 0 Å². The first-order chi connectivity index (χ1) is 12.6. The van der Waals surface area contributed by atoms with E-state index in [9.17, 15) is 0 Å². The van der Waals surface area contributed by atoms with Gasteiger partial charge in [0.25, 0.3) is 0 Å². The fourth-order valence-electron chi connectivity index (χ4n) is 3.59. The van der Waals surface area contributed by atoms with Crippen molar-refractivity contribution in [2.24, 2.45) is 0 Å². The zero-order valence-electron chi connectivity index (χ0n) is 17.9. The van der Waals surface area contributed by atoms with E-state index in [4.69, 9.17) is 0 Å². The van der Waals surface area contributed by atoms with E-state index in [1.165, 1.54) is 89.2 Å². The van der Waals surface area contributed by atoms with Gasteiger partial charge in [0, 0.05) is 5.56 Å². The molecular formula is C25H44N+. The Balaban J connectivity index is 1.92. The number of benzene rings is 1. The Kier molecular flexibility index (Phi) is 13.3. The van der Waals surface area contributed by atoms with Gasteiger partial charge in [0.15, 0.2) is 0 Å². The summed E-state index contributed by atoms with van der Waals surface area (Å²) in [6.45, 7) is 4.71. The summed E-state index contributed by atoms with van der Waals surface area (Å²) in [5.41, 5.74) is 1.45. The van der Waals surface area contributed by atoms with Gasteiger partial charge in [-0.15, -0.1) is 0 Å². The van der Waals surface area contributed by atoms with Crippen molar-refractivity contribution in [2.75, 3.05) is 20.6 Å². The summed E-state index contributed by atoms with van der Waals surface area (Å²) in [7, 11) is 4.73. The standard InChI is InChI=1S/C25H44N/c1-4-5-6-7-8-9-10-11-12-13-14-15-16-20-23-26(2,3)24-25-21-18-17-19-22-25/h9-10,17-19,21-22H,4-8,11-16,20,23-24H2,1-3H3/q+1. The number of nitrogens with zero attached hydrogens (tertiary/aromatic N) is 1. The summed E-state index contributed by atoms with van der Waals surface area (Å²) in [6.07, 6.45) is 21.3. The van der Waals surface area contributed by atoms with E-state index in [-0.39, 0.29) is 0 Å². The molecule has 1 nitrogen and oxygen atoms in total. The van der Waals surface area contributed by atoms with E-state index in [1.807, 2.05) is 0 Å². The fourth-order valence-corrected chi connectivity index (χ4v) is 3.59. The molecule has 0 fully saturated rings. The maximum absolute atomic E-state index is 2.41. The van der Waals surface area contributed by atoms with Gasteiger partial charge in [0.1, 0.15) is 6.54 Å². The molecule has 1 rings (SSSR count). The number of hydrogen-bond acceptors (Lipinski definition) is 0. The van der Waals surface area contributed by atoms with Crippen LogP contribution < -0.4 is 0 Å². The van der Waals surface area contributed by atoms with Crippen LogP contribution >= 0.6 is 0 Å². The molecule has 1 aromatic carbocycles. The van der Waals surface area contributed by atoms with Crippen molar-refractivity contribution in [1.82, 2.24) is 0 Å². The molecule has 0 aliphatic heterocycles. The third kappa shape index (κ3) is 13.2. The number of hydrogen-bond donors (Lipinski definition) is 0. The van der Waals surface area contributed by atoms with E-state index in [2.05, 4.69) is 63.5 Å². The summed E-state index contributed by atoms with van der Waals surface area (Å²) >= 11 is 0. The molecule has 0 aliphatic carbocycles. The van der Waals surface area contributed by atoms with E-state index >= 15 is 0 Å². The Morgan fingerprint density at radius 1 is 0.692 bits per heavy atom. The SMILES string of the molecule is CCCCCCC=CCCCCCCCC[N+](C)(C)Cc1ccccc1. The molecule has 0 amide bonds. The van der Waals surface area contributed by atoms with Gasteiger partial charge in [-0.25, -0.2) is 0 Å². The minimum absolute atomic E-state index is 1.10. The van der Waals surface area contributed by atoms with Crippen molar-refractivity contribution in [3.63, 3.8) is 0 Å². The first kappa shape index (κ1) is 23.0. The number of unbranched alkanes of at least 4 members (excludes halogenated alkanes) is 10. The van der Waals surface area contributed by atoms with Gasteiger partial charge in [-0.2, -0.15) is 0 Å². The highest BCUT2D eigenvalue weighted by Crippen LogP contribution is 2.13. The first-order valence-corrected chi connectivity index (χ1v) is 11.1. The van der Waals surface area contributed by atoms with Gasteiger partial charge in [-0.05, 0) is 38.5 Å². The molecule has 0 N–H and O–H groups in total. The minimum Gasteiger partial charge on any atom is -0.325 e. The quantitative estimate of drug-likeness (QED) is 0.163. The molecule has 0 saturated heterocycles. The lowest BCUT2D eigenvalue weighted by Crippen LogP contribution is -2.39. The highest BCUT2D eigenvalue weighted by atomic mass is 15.3. The molecule has 0 atom stereocenters. The Morgan fingerprint density at radius 3 is 1.85 bits per heavy atom. The largest absolute Gasteiger partial charge is 0.325 e. The van der Waals surface area contributed by atoms with Crippen LogP contribution in [-0.2, 0) is 6.54 Å². The summed E-state index contributed by atoms with van der Waals surface area (Å²) < 4.78 is 1.10. The molecule has 1 aromatic rings. The molecule has 0 heterocycles. The molecule has 0 spiro atoms. The van der Waals surface area contributed by atoms with Crippen LogP contribution in [0.5, 0.6) is 0 Å². The van der Waals surface area contributed by atoms with Gasteiger partial charge in [-0.1, -0.05) is 87.9 Å². The second kappa shape index (κ2) is 15.0. The van der Waals surface area contributed by atoms with Crippen molar-refractivity contribution in [2.45, 2.75) is 90.5 Å². The summed E-state index contributed by atoms with van der Waals surface area (Å²) in [5.74, 6) is 0. The maximum atomic E-state index is 2.41. The molecule has 0 saturated carbocycles. The van der Waals surface area contributed by atoms with E-state index in [0.717, 1.165) is 11.0 Å². The normalized spacial score (nSPS) is 12.1. The van der Waals surface area contributed by atoms with Crippen LogP contribution in [0.15, 0.2) is 42.5 Å². The van der Waals surface area contributed by atoms with Gasteiger partial charge < -0.3 is 4.48 Å². The lowest BCUT2D eigenvalue weighted by atomic mass is 10.1. The van der Waals surface area contributed by atoms with Crippen LogP contribution in [0.4, 0.5) is 0 Å². The van der Waals surface area contributed by atoms with Crippen LogP contribution in [0, 0.1) is 0 Å². The van der Waals surface area contributed by atoms with Gasteiger partial charge in [0.05, 0.1) is 20.6 Å². The van der Waals surface area contributed by atoms with Crippen molar-refractivity contribution in [3.05, 3.63) is 48.0 Å². The second-order valence-electron chi connectivity index (χ2n) is 8.53. The maximum Gasteiger partial charge on any atom is 0.104 e. The zero-order chi connectivity index (χ0) is 18.9. The highest BCUT2D eigenvalue weighted by Gasteiger charge is 2.14. The average molecular weight is 359 g/mol. The number of quaternary nitrogens is 1. The van der Waals surface area contributed by atoms with Crippen LogP contribution in [0.2, 0.25) is 0 Å². The summed E-state index contributed by atoms with van der Waals surface area (Å²) in [4.78, 5) is 0. The zero-order valence-corrected chi connectivity index (χ0v) is 17.9. The molecule has 0 aliphatic rings. The molecule has 148 valence electrons. The Morgan fingerprint density at radius 2 is 1.23 bits per heavy atom. The van der Waals surface area contributed by atoms with Crippen molar-refractivity contribution in [3.8, 4) is 0 Å². The third-order valence-electron chi connectivity index (χ3n) is 5.23. The minimum atomic E-state index is 1.10. The monoisotopic (exact) mass is 358 g/mol. The van der Waals surface area contributed by atoms with Crippen LogP contribution in [0.3, 0.4) is 0 Å². The molecule has 0 unspecified atom stereocenters. The molecule has 0 bridgehead atoms. The van der Waals surface area contributed by atoms with Crippen molar-refractivity contribution < 1.29 is 4.48 Å². The second-order valence-corrected chi connectivity index (χ2v) is 8.53. The molecule has 0 radical (unpaired) electrons. The van der Waals surface area contributed by atoms with E-state index in [1.54, 1.807) is 0 Å². The smallest absolute Gasteiger partial charge is 0.104 e. The summed E-state index contributed by atoms with van der Waals surface area (Å²) in [5, 5.41) is 0. The third-order valence-corrected chi connectivity index (χ3v) is 5.23. The van der Waals surface area contributed by atoms with Crippen LogP contribution in [0.1, 0.15) is 89.5 Å². The molecule has 0 aromatic heterocycles. The molecule has 1 heteroatoms. The fraction of sp³-hybridized carbons (Fsp3) is 0.680. The Bertz CT molecular complexity index is 446. The summed E-state index contributed by atoms with van der Waals surface area (Å²) in [6, 6.07) is 10.9. The molecular weight excluding hydrogens is 314 g/mol. The lowest BCUT2D eigenvalue weighted by Gasteiger charge is -2.30. The topological polar surface area (TPSA) is 0 Å². The van der Waals surface area contributed by atoms with Crippen LogP contribution in [-0.4, -0.2) is 25.1 Å². The number of rotatable bonds is 16. The van der Waals surface area contributed by atoms with Crippen molar-refractivity contribution in [1.29, 1.82) is 0 Å². The predicted octanol–water partition coefficient (Wildman–Crippen LogP) is 7.52. The lowest BCUT2D eigenvalue weighted by molar-refractivity contribution is -0.903.